The average Bonchev–Trinajstić information content (AvgIpc) is 2.29. The van der Waals surface area contributed by atoms with E-state index in [9.17, 15) is 0 Å². The van der Waals surface area contributed by atoms with Gasteiger partial charge in [0.25, 0.3) is 0 Å². The molecule has 0 spiro atoms. The van der Waals surface area contributed by atoms with Crippen molar-refractivity contribution < 1.29 is 4.74 Å². The molecule has 3 nitrogen and oxygen atoms in total. The van der Waals surface area contributed by atoms with Crippen LogP contribution < -0.4 is 10.1 Å². The molecule has 0 amide bonds. The lowest BCUT2D eigenvalue weighted by Gasteiger charge is -2.14. The first kappa shape index (κ1) is 10.9. The van der Waals surface area contributed by atoms with Gasteiger partial charge in [0.15, 0.2) is 0 Å². The molecule has 16 heavy (non-hydrogen) atoms. The van der Waals surface area contributed by atoms with E-state index in [-0.39, 0.29) is 6.10 Å². The van der Waals surface area contributed by atoms with Gasteiger partial charge in [0.05, 0.1) is 5.52 Å². The zero-order valence-corrected chi connectivity index (χ0v) is 9.60. The van der Waals surface area contributed by atoms with Gasteiger partial charge in [0.1, 0.15) is 11.9 Å². The summed E-state index contributed by atoms with van der Waals surface area (Å²) in [6, 6.07) is 9.97. The molecule has 0 aliphatic carbocycles. The van der Waals surface area contributed by atoms with Crippen molar-refractivity contribution in [3.63, 3.8) is 0 Å². The second-order valence-electron chi connectivity index (χ2n) is 3.84. The number of nitrogens with zero attached hydrogens (tertiary/aromatic N) is 1. The summed E-state index contributed by atoms with van der Waals surface area (Å²) < 4.78 is 5.76. The number of aromatic nitrogens is 1. The summed E-state index contributed by atoms with van der Waals surface area (Å²) in [5.41, 5.74) is 0.969. The van der Waals surface area contributed by atoms with Gasteiger partial charge in [0.2, 0.25) is 0 Å². The minimum absolute atomic E-state index is 0.158. The molecule has 1 aromatic carbocycles. The molecule has 1 unspecified atom stereocenters. The fourth-order valence-corrected chi connectivity index (χ4v) is 1.68. The van der Waals surface area contributed by atoms with Crippen LogP contribution in [0.4, 0.5) is 0 Å². The Hall–Kier alpha value is -1.61. The predicted octanol–water partition coefficient (Wildman–Crippen LogP) is 2.22. The van der Waals surface area contributed by atoms with Gasteiger partial charge in [0, 0.05) is 24.2 Å². The van der Waals surface area contributed by atoms with Gasteiger partial charge in [-0.05, 0) is 32.2 Å². The van der Waals surface area contributed by atoms with Crippen LogP contribution in [-0.2, 0) is 0 Å². The number of pyridine rings is 1. The highest BCUT2D eigenvalue weighted by Crippen LogP contribution is 2.19. The van der Waals surface area contributed by atoms with E-state index in [1.807, 2.05) is 44.3 Å². The summed E-state index contributed by atoms with van der Waals surface area (Å²) in [4.78, 5) is 4.30. The van der Waals surface area contributed by atoms with E-state index >= 15 is 0 Å². The maximum Gasteiger partial charge on any atom is 0.121 e. The Morgan fingerprint density at radius 1 is 1.38 bits per heavy atom. The summed E-state index contributed by atoms with van der Waals surface area (Å²) in [6.07, 6.45) is 1.95. The van der Waals surface area contributed by atoms with Gasteiger partial charge in [-0.1, -0.05) is 6.07 Å². The van der Waals surface area contributed by atoms with Crippen LogP contribution in [0.2, 0.25) is 0 Å². The first-order valence-electron chi connectivity index (χ1n) is 5.45. The standard InChI is InChI=1S/C13H16N2O/c1-10(9-14-2)16-12-6-5-11-4-3-7-15-13(11)8-12/h3-8,10,14H,9H2,1-2H3. The van der Waals surface area contributed by atoms with E-state index in [2.05, 4.69) is 10.3 Å². The van der Waals surface area contributed by atoms with Crippen molar-refractivity contribution in [3.05, 3.63) is 36.5 Å². The Morgan fingerprint density at radius 3 is 3.06 bits per heavy atom. The van der Waals surface area contributed by atoms with Gasteiger partial charge >= 0.3 is 0 Å². The molecule has 0 bridgehead atoms. The number of ether oxygens (including phenoxy) is 1. The molecule has 0 fully saturated rings. The van der Waals surface area contributed by atoms with Gasteiger partial charge in [-0.3, -0.25) is 4.98 Å². The quantitative estimate of drug-likeness (QED) is 0.851. The fraction of sp³-hybridized carbons (Fsp3) is 0.308. The molecule has 84 valence electrons. The zero-order chi connectivity index (χ0) is 11.4. The first-order chi connectivity index (χ1) is 7.79. The summed E-state index contributed by atoms with van der Waals surface area (Å²) in [7, 11) is 1.92. The van der Waals surface area contributed by atoms with E-state index in [1.165, 1.54) is 0 Å². The summed E-state index contributed by atoms with van der Waals surface area (Å²) >= 11 is 0. The largest absolute Gasteiger partial charge is 0.489 e. The number of hydrogen-bond acceptors (Lipinski definition) is 3. The molecule has 2 aromatic rings. The van der Waals surface area contributed by atoms with Gasteiger partial charge < -0.3 is 10.1 Å². The Labute approximate surface area is 95.5 Å². The maximum atomic E-state index is 5.76. The zero-order valence-electron chi connectivity index (χ0n) is 9.60. The second-order valence-corrected chi connectivity index (χ2v) is 3.84. The average molecular weight is 216 g/mol. The lowest BCUT2D eigenvalue weighted by molar-refractivity contribution is 0.221. The Balaban J connectivity index is 2.19. The van der Waals surface area contributed by atoms with E-state index < -0.39 is 0 Å². The third-order valence-electron chi connectivity index (χ3n) is 2.41. The number of rotatable bonds is 4. The highest BCUT2D eigenvalue weighted by Gasteiger charge is 2.03. The smallest absolute Gasteiger partial charge is 0.121 e. The highest BCUT2D eigenvalue weighted by molar-refractivity contribution is 5.79. The van der Waals surface area contributed by atoms with E-state index in [4.69, 9.17) is 4.74 Å². The number of benzene rings is 1. The van der Waals surface area contributed by atoms with Crippen LogP contribution in [0.3, 0.4) is 0 Å². The van der Waals surface area contributed by atoms with E-state index in [0.29, 0.717) is 0 Å². The molecule has 1 aromatic heterocycles. The predicted molar refractivity (Wildman–Crippen MR) is 65.8 cm³/mol. The number of likely N-dealkylation sites (N-methyl/N-ethyl adjacent to an activating group) is 1. The summed E-state index contributed by atoms with van der Waals surface area (Å²) in [6.45, 7) is 2.87. The second kappa shape index (κ2) is 4.94. The summed E-state index contributed by atoms with van der Waals surface area (Å²) in [5, 5.41) is 4.22. The summed E-state index contributed by atoms with van der Waals surface area (Å²) in [5.74, 6) is 0.869. The topological polar surface area (TPSA) is 34.1 Å². The number of hydrogen-bond donors (Lipinski definition) is 1. The molecular formula is C13H16N2O. The molecule has 0 aliphatic heterocycles. The monoisotopic (exact) mass is 216 g/mol. The van der Waals surface area contributed by atoms with Gasteiger partial charge in [-0.2, -0.15) is 0 Å². The molecule has 0 radical (unpaired) electrons. The van der Waals surface area contributed by atoms with Crippen molar-refractivity contribution in [1.82, 2.24) is 10.3 Å². The van der Waals surface area contributed by atoms with Crippen LogP contribution in [-0.4, -0.2) is 24.7 Å². The SMILES string of the molecule is CNCC(C)Oc1ccc2cccnc2c1. The molecular weight excluding hydrogens is 200 g/mol. The minimum Gasteiger partial charge on any atom is -0.489 e. The Bertz CT molecular complexity index is 470. The van der Waals surface area contributed by atoms with Crippen molar-refractivity contribution in [2.75, 3.05) is 13.6 Å². The van der Waals surface area contributed by atoms with Crippen molar-refractivity contribution in [1.29, 1.82) is 0 Å². The Morgan fingerprint density at radius 2 is 2.25 bits per heavy atom. The van der Waals surface area contributed by atoms with Crippen LogP contribution in [0.25, 0.3) is 10.9 Å². The maximum absolute atomic E-state index is 5.76. The first-order valence-corrected chi connectivity index (χ1v) is 5.45. The number of fused-ring (bicyclic) bond motifs is 1. The molecule has 0 saturated heterocycles. The van der Waals surface area contributed by atoms with Crippen molar-refractivity contribution in [3.8, 4) is 5.75 Å². The fourth-order valence-electron chi connectivity index (χ4n) is 1.68. The highest BCUT2D eigenvalue weighted by atomic mass is 16.5. The molecule has 1 N–H and O–H groups in total. The lowest BCUT2D eigenvalue weighted by atomic mass is 10.2. The molecule has 0 aliphatic rings. The third-order valence-corrected chi connectivity index (χ3v) is 2.41. The molecule has 1 heterocycles. The van der Waals surface area contributed by atoms with E-state index in [1.54, 1.807) is 6.20 Å². The van der Waals surface area contributed by atoms with Crippen molar-refractivity contribution >= 4 is 10.9 Å². The van der Waals surface area contributed by atoms with E-state index in [0.717, 1.165) is 23.2 Å². The van der Waals surface area contributed by atoms with Crippen LogP contribution in [0.15, 0.2) is 36.5 Å². The Kier molecular flexibility index (Phi) is 3.37. The van der Waals surface area contributed by atoms with Gasteiger partial charge in [-0.15, -0.1) is 0 Å². The van der Waals surface area contributed by atoms with Crippen LogP contribution in [0.1, 0.15) is 6.92 Å². The van der Waals surface area contributed by atoms with Crippen molar-refractivity contribution in [2.24, 2.45) is 0 Å². The molecule has 2 rings (SSSR count). The van der Waals surface area contributed by atoms with Crippen molar-refractivity contribution in [2.45, 2.75) is 13.0 Å². The molecule has 3 heteroatoms. The van der Waals surface area contributed by atoms with Crippen LogP contribution in [0, 0.1) is 0 Å². The third kappa shape index (κ3) is 2.49. The minimum atomic E-state index is 0.158. The lowest BCUT2D eigenvalue weighted by Crippen LogP contribution is -2.25. The van der Waals surface area contributed by atoms with Gasteiger partial charge in [-0.25, -0.2) is 0 Å². The molecule has 1 atom stereocenters. The van der Waals surface area contributed by atoms with Crippen LogP contribution in [0.5, 0.6) is 5.75 Å². The normalized spacial score (nSPS) is 12.6. The number of nitrogens with one attached hydrogen (secondary N) is 1. The molecule has 0 saturated carbocycles. The van der Waals surface area contributed by atoms with Crippen LogP contribution >= 0.6 is 0 Å².